The van der Waals surface area contributed by atoms with Gasteiger partial charge in [0.15, 0.2) is 0 Å². The van der Waals surface area contributed by atoms with Crippen LogP contribution >= 0.6 is 15.9 Å². The van der Waals surface area contributed by atoms with E-state index in [4.69, 9.17) is 14.2 Å². The van der Waals surface area contributed by atoms with Crippen molar-refractivity contribution in [2.24, 2.45) is 5.41 Å². The number of ether oxygens (including phenoxy) is 3. The molecule has 1 aliphatic heterocycles. The number of alkyl halides is 1. The van der Waals surface area contributed by atoms with Crippen molar-refractivity contribution in [1.82, 2.24) is 0 Å². The smallest absolute Gasteiger partial charge is 0.146 e. The predicted molar refractivity (Wildman–Crippen MR) is 119 cm³/mol. The molecule has 0 spiro atoms. The fourth-order valence-electron chi connectivity index (χ4n) is 3.37. The minimum atomic E-state index is 0.0396. The maximum Gasteiger partial charge on any atom is 0.146 e. The van der Waals surface area contributed by atoms with Crippen LogP contribution in [0.15, 0.2) is 12.2 Å². The maximum absolute atomic E-state index is 5.82. The molecule has 1 heterocycles. The van der Waals surface area contributed by atoms with Gasteiger partial charge in [0.05, 0.1) is 19.8 Å². The lowest BCUT2D eigenvalue weighted by molar-refractivity contribution is -0.175. The quantitative estimate of drug-likeness (QED) is 0.128. The van der Waals surface area contributed by atoms with Crippen LogP contribution in [-0.2, 0) is 14.2 Å². The first kappa shape index (κ1) is 25.1. The molecular weight excluding hydrogens is 404 g/mol. The average molecular weight is 447 g/mol. The molecular formula is C23H43BrO3. The van der Waals surface area contributed by atoms with Gasteiger partial charge in [0.2, 0.25) is 0 Å². The van der Waals surface area contributed by atoms with Gasteiger partial charge in [-0.1, -0.05) is 80.0 Å². The molecule has 1 saturated heterocycles. The van der Waals surface area contributed by atoms with Crippen molar-refractivity contribution in [2.75, 3.05) is 38.6 Å². The molecule has 0 radical (unpaired) electrons. The van der Waals surface area contributed by atoms with E-state index in [9.17, 15) is 0 Å². The highest BCUT2D eigenvalue weighted by Crippen LogP contribution is 2.21. The highest BCUT2D eigenvalue weighted by molar-refractivity contribution is 9.09. The molecule has 0 aromatic heterocycles. The van der Waals surface area contributed by atoms with E-state index in [1.54, 1.807) is 0 Å². The summed E-state index contributed by atoms with van der Waals surface area (Å²) in [5.74, 6) is 0. The number of halogens is 1. The van der Waals surface area contributed by atoms with E-state index in [2.05, 4.69) is 35.0 Å². The van der Waals surface area contributed by atoms with Gasteiger partial charge < -0.3 is 14.2 Å². The number of allylic oxidation sites excluding steroid dienone is 2. The third-order valence-corrected chi connectivity index (χ3v) is 5.66. The Kier molecular flexibility index (Phi) is 16.9. The van der Waals surface area contributed by atoms with Crippen molar-refractivity contribution in [3.8, 4) is 0 Å². The summed E-state index contributed by atoms with van der Waals surface area (Å²) in [6.07, 6.45) is 22.0. The molecule has 1 aliphatic rings. The van der Waals surface area contributed by atoms with E-state index >= 15 is 0 Å². The zero-order chi connectivity index (χ0) is 19.5. The zero-order valence-corrected chi connectivity index (χ0v) is 19.3. The second-order valence-electron chi connectivity index (χ2n) is 8.30. The normalized spacial score (nSPS) is 17.0. The van der Waals surface area contributed by atoms with E-state index in [0.717, 1.165) is 31.8 Å². The van der Waals surface area contributed by atoms with Gasteiger partial charge in [-0.15, -0.1) is 0 Å². The zero-order valence-electron chi connectivity index (χ0n) is 17.7. The molecule has 0 unspecified atom stereocenters. The topological polar surface area (TPSA) is 27.7 Å². The molecule has 0 aromatic rings. The largest absolute Gasteiger partial charge is 0.381 e. The van der Waals surface area contributed by atoms with Crippen LogP contribution in [-0.4, -0.2) is 38.6 Å². The molecule has 3 nitrogen and oxygen atoms in total. The first-order valence-corrected chi connectivity index (χ1v) is 12.3. The minimum absolute atomic E-state index is 0.0396. The Bertz CT molecular complexity index is 341. The lowest BCUT2D eigenvalue weighted by Gasteiger charge is -2.32. The van der Waals surface area contributed by atoms with Gasteiger partial charge in [0.25, 0.3) is 0 Å². The third-order valence-electron chi connectivity index (χ3n) is 5.10. The van der Waals surface area contributed by atoms with Crippen LogP contribution < -0.4 is 0 Å². The lowest BCUT2D eigenvalue weighted by atomic mass is 9.94. The summed E-state index contributed by atoms with van der Waals surface area (Å²) in [5, 5.41) is 1.16. The molecule has 4 heteroatoms. The van der Waals surface area contributed by atoms with Crippen molar-refractivity contribution < 1.29 is 14.2 Å². The Morgan fingerprint density at radius 2 is 1.30 bits per heavy atom. The van der Waals surface area contributed by atoms with Crippen LogP contribution in [0.5, 0.6) is 0 Å². The van der Waals surface area contributed by atoms with Crippen LogP contribution in [0, 0.1) is 5.41 Å². The third kappa shape index (κ3) is 15.7. The molecule has 0 aliphatic carbocycles. The van der Waals surface area contributed by atoms with E-state index in [-0.39, 0.29) is 5.41 Å². The molecule has 0 N–H and O–H groups in total. The number of hydrogen-bond donors (Lipinski definition) is 0. The molecule has 0 saturated carbocycles. The second-order valence-corrected chi connectivity index (χ2v) is 9.10. The molecule has 0 aromatic carbocycles. The van der Waals surface area contributed by atoms with Gasteiger partial charge in [0.1, 0.15) is 6.79 Å². The minimum Gasteiger partial charge on any atom is -0.381 e. The number of rotatable bonds is 18. The molecule has 1 rings (SSSR count). The van der Waals surface area contributed by atoms with Crippen LogP contribution in [0.4, 0.5) is 0 Å². The average Bonchev–Trinajstić information content (AvgIpc) is 2.67. The molecule has 0 bridgehead atoms. The monoisotopic (exact) mass is 446 g/mol. The van der Waals surface area contributed by atoms with Gasteiger partial charge >= 0.3 is 0 Å². The van der Waals surface area contributed by atoms with Crippen molar-refractivity contribution in [3.05, 3.63) is 12.2 Å². The highest BCUT2D eigenvalue weighted by Gasteiger charge is 2.28. The first-order valence-electron chi connectivity index (χ1n) is 11.2. The molecule has 160 valence electrons. The Hall–Kier alpha value is 0.1000. The van der Waals surface area contributed by atoms with Gasteiger partial charge in [-0.05, 0) is 38.5 Å². The summed E-state index contributed by atoms with van der Waals surface area (Å²) in [4.78, 5) is 0. The van der Waals surface area contributed by atoms with E-state index < -0.39 is 0 Å². The highest BCUT2D eigenvalue weighted by atomic mass is 79.9. The van der Waals surface area contributed by atoms with Crippen LogP contribution in [0.3, 0.4) is 0 Å². The Labute approximate surface area is 176 Å². The summed E-state index contributed by atoms with van der Waals surface area (Å²) >= 11 is 3.49. The first-order chi connectivity index (χ1) is 13.3. The lowest BCUT2D eigenvalue weighted by Crippen LogP contribution is -2.38. The Morgan fingerprint density at radius 3 is 1.89 bits per heavy atom. The SMILES string of the molecule is CC1(COCCCCCCC/C=C\CCCCCCCCBr)COCOC1. The maximum atomic E-state index is 5.82. The van der Waals surface area contributed by atoms with Gasteiger partial charge in [-0.3, -0.25) is 0 Å². The fourth-order valence-corrected chi connectivity index (χ4v) is 3.77. The van der Waals surface area contributed by atoms with Crippen LogP contribution in [0.2, 0.25) is 0 Å². The number of unbranched alkanes of at least 4 members (excludes halogenated alkanes) is 11. The summed E-state index contributed by atoms with van der Waals surface area (Å²) < 4.78 is 16.5. The summed E-state index contributed by atoms with van der Waals surface area (Å²) in [7, 11) is 0. The van der Waals surface area contributed by atoms with Crippen molar-refractivity contribution in [2.45, 2.75) is 90.4 Å². The van der Waals surface area contributed by atoms with E-state index in [1.807, 2.05) is 0 Å². The predicted octanol–water partition coefficient (Wildman–Crippen LogP) is 7.04. The molecule has 1 fully saturated rings. The van der Waals surface area contributed by atoms with Crippen molar-refractivity contribution in [1.29, 1.82) is 0 Å². The summed E-state index contributed by atoms with van der Waals surface area (Å²) in [5.41, 5.74) is 0.0396. The molecule has 0 atom stereocenters. The fraction of sp³-hybridized carbons (Fsp3) is 0.913. The van der Waals surface area contributed by atoms with E-state index in [0.29, 0.717) is 6.79 Å². The van der Waals surface area contributed by atoms with Crippen molar-refractivity contribution >= 4 is 15.9 Å². The Balaban J connectivity index is 1.75. The molecule has 27 heavy (non-hydrogen) atoms. The standard InChI is InChI=1S/C23H43BrO3/c1-23(20-26-22-27-21-23)19-25-18-16-14-12-10-8-6-4-2-3-5-7-9-11-13-15-17-24/h2,4H,3,5-22H2,1H3/b4-2-. The van der Waals surface area contributed by atoms with Crippen LogP contribution in [0.1, 0.15) is 90.4 Å². The summed E-state index contributed by atoms with van der Waals surface area (Å²) in [6, 6.07) is 0. The summed E-state index contributed by atoms with van der Waals surface area (Å²) in [6.45, 7) is 5.71. The Morgan fingerprint density at radius 1 is 0.778 bits per heavy atom. The molecule has 0 amide bonds. The number of hydrogen-bond acceptors (Lipinski definition) is 3. The van der Waals surface area contributed by atoms with Crippen molar-refractivity contribution in [3.63, 3.8) is 0 Å². The van der Waals surface area contributed by atoms with Gasteiger partial charge in [-0.25, -0.2) is 0 Å². The second kappa shape index (κ2) is 18.1. The van der Waals surface area contributed by atoms with Crippen LogP contribution in [0.25, 0.3) is 0 Å². The van der Waals surface area contributed by atoms with Gasteiger partial charge in [-0.2, -0.15) is 0 Å². The van der Waals surface area contributed by atoms with E-state index in [1.165, 1.54) is 83.5 Å². The van der Waals surface area contributed by atoms with Gasteiger partial charge in [0, 0.05) is 17.4 Å².